The molecule has 0 aromatic heterocycles. The molecule has 3 N–H and O–H groups in total. The molecule has 0 amide bonds. The second-order valence-corrected chi connectivity index (χ2v) is 3.52. The van der Waals surface area contributed by atoms with Crippen molar-refractivity contribution in [3.63, 3.8) is 0 Å². The van der Waals surface area contributed by atoms with Crippen LogP contribution in [0.5, 0.6) is 0 Å². The standard InChI is InChI=1S/C7H13N3/c1-7(5-2-3-5)4-9-6(8)10-7/h5H,2-4H2,1H3,(H3,8,9,10). The molecule has 1 heterocycles. The summed E-state index contributed by atoms with van der Waals surface area (Å²) in [5.74, 6) is 1.44. The number of hydrogen-bond acceptors (Lipinski definition) is 3. The molecular formula is C7H13N3. The lowest BCUT2D eigenvalue weighted by molar-refractivity contribution is 0.397. The van der Waals surface area contributed by atoms with Gasteiger partial charge in [-0.2, -0.15) is 0 Å². The van der Waals surface area contributed by atoms with E-state index in [1.165, 1.54) is 12.8 Å². The van der Waals surface area contributed by atoms with Crippen molar-refractivity contribution >= 4 is 5.96 Å². The fraction of sp³-hybridized carbons (Fsp3) is 0.857. The Morgan fingerprint density at radius 3 is 2.80 bits per heavy atom. The van der Waals surface area contributed by atoms with Gasteiger partial charge in [0.05, 0.1) is 12.1 Å². The SMILES string of the molecule is CC1(C2CC2)CN=C(N)N1. The second kappa shape index (κ2) is 1.65. The highest BCUT2D eigenvalue weighted by atomic mass is 15.2. The zero-order valence-corrected chi connectivity index (χ0v) is 6.22. The molecular weight excluding hydrogens is 126 g/mol. The Balaban J connectivity index is 2.06. The van der Waals surface area contributed by atoms with Crippen molar-refractivity contribution in [2.45, 2.75) is 25.3 Å². The molecule has 1 aliphatic carbocycles. The Labute approximate surface area is 60.7 Å². The number of nitrogens with two attached hydrogens (primary N) is 1. The first-order chi connectivity index (χ1) is 4.71. The highest BCUT2D eigenvalue weighted by molar-refractivity contribution is 5.80. The lowest BCUT2D eigenvalue weighted by Gasteiger charge is -2.23. The van der Waals surface area contributed by atoms with Gasteiger partial charge in [0.2, 0.25) is 0 Å². The van der Waals surface area contributed by atoms with Gasteiger partial charge in [0.1, 0.15) is 0 Å². The molecule has 0 saturated heterocycles. The lowest BCUT2D eigenvalue weighted by Crippen LogP contribution is -2.47. The topological polar surface area (TPSA) is 50.4 Å². The Hall–Kier alpha value is -0.730. The van der Waals surface area contributed by atoms with E-state index < -0.39 is 0 Å². The second-order valence-electron chi connectivity index (χ2n) is 3.52. The van der Waals surface area contributed by atoms with Crippen LogP contribution in [0, 0.1) is 5.92 Å². The molecule has 1 saturated carbocycles. The van der Waals surface area contributed by atoms with Crippen LogP contribution >= 0.6 is 0 Å². The summed E-state index contributed by atoms with van der Waals surface area (Å²) in [6, 6.07) is 0. The third kappa shape index (κ3) is 0.770. The van der Waals surface area contributed by atoms with Crippen molar-refractivity contribution in [3.05, 3.63) is 0 Å². The molecule has 3 nitrogen and oxygen atoms in total. The minimum atomic E-state index is 0.198. The maximum absolute atomic E-state index is 5.51. The Bertz CT molecular complexity index is 183. The summed E-state index contributed by atoms with van der Waals surface area (Å²) in [5.41, 5.74) is 5.71. The van der Waals surface area contributed by atoms with E-state index in [-0.39, 0.29) is 5.54 Å². The first-order valence-corrected chi connectivity index (χ1v) is 3.79. The molecule has 0 spiro atoms. The first-order valence-electron chi connectivity index (χ1n) is 3.79. The lowest BCUT2D eigenvalue weighted by atomic mass is 9.97. The molecule has 1 atom stereocenters. The van der Waals surface area contributed by atoms with Crippen molar-refractivity contribution < 1.29 is 0 Å². The molecule has 0 radical (unpaired) electrons. The number of nitrogens with one attached hydrogen (secondary N) is 1. The summed E-state index contributed by atoms with van der Waals surface area (Å²) in [5, 5.41) is 3.22. The van der Waals surface area contributed by atoms with E-state index in [1.807, 2.05) is 0 Å². The van der Waals surface area contributed by atoms with Gasteiger partial charge in [-0.25, -0.2) is 0 Å². The molecule has 56 valence electrons. The van der Waals surface area contributed by atoms with Gasteiger partial charge in [-0.15, -0.1) is 0 Å². The summed E-state index contributed by atoms with van der Waals surface area (Å²) >= 11 is 0. The molecule has 1 aliphatic heterocycles. The average molecular weight is 139 g/mol. The molecule has 1 unspecified atom stereocenters. The van der Waals surface area contributed by atoms with Gasteiger partial charge in [-0.1, -0.05) is 0 Å². The van der Waals surface area contributed by atoms with Gasteiger partial charge in [-0.05, 0) is 25.7 Å². The number of aliphatic imine (C=N–C) groups is 1. The van der Waals surface area contributed by atoms with Gasteiger partial charge < -0.3 is 11.1 Å². The van der Waals surface area contributed by atoms with Gasteiger partial charge in [0, 0.05) is 0 Å². The largest absolute Gasteiger partial charge is 0.370 e. The van der Waals surface area contributed by atoms with Crippen LogP contribution in [0.2, 0.25) is 0 Å². The van der Waals surface area contributed by atoms with E-state index >= 15 is 0 Å². The monoisotopic (exact) mass is 139 g/mol. The van der Waals surface area contributed by atoms with Crippen molar-refractivity contribution in [2.75, 3.05) is 6.54 Å². The van der Waals surface area contributed by atoms with E-state index in [1.54, 1.807) is 0 Å². The summed E-state index contributed by atoms with van der Waals surface area (Å²) in [7, 11) is 0. The fourth-order valence-electron chi connectivity index (χ4n) is 1.57. The van der Waals surface area contributed by atoms with E-state index in [9.17, 15) is 0 Å². The summed E-state index contributed by atoms with van der Waals surface area (Å²) < 4.78 is 0. The quantitative estimate of drug-likeness (QED) is 0.540. The number of rotatable bonds is 1. The van der Waals surface area contributed by atoms with Crippen LogP contribution in [-0.2, 0) is 0 Å². The Kier molecular flexibility index (Phi) is 0.993. The van der Waals surface area contributed by atoms with Gasteiger partial charge in [0.25, 0.3) is 0 Å². The van der Waals surface area contributed by atoms with E-state index in [0.717, 1.165) is 12.5 Å². The molecule has 2 aliphatic rings. The van der Waals surface area contributed by atoms with E-state index in [0.29, 0.717) is 5.96 Å². The Morgan fingerprint density at radius 2 is 2.40 bits per heavy atom. The Morgan fingerprint density at radius 1 is 1.70 bits per heavy atom. The van der Waals surface area contributed by atoms with E-state index in [2.05, 4.69) is 17.2 Å². The van der Waals surface area contributed by atoms with Crippen LogP contribution in [0.1, 0.15) is 19.8 Å². The van der Waals surface area contributed by atoms with Crippen LogP contribution in [-0.4, -0.2) is 18.0 Å². The van der Waals surface area contributed by atoms with Gasteiger partial charge >= 0.3 is 0 Å². The van der Waals surface area contributed by atoms with Crippen LogP contribution < -0.4 is 11.1 Å². The molecule has 10 heavy (non-hydrogen) atoms. The van der Waals surface area contributed by atoms with Crippen molar-refractivity contribution in [1.82, 2.24) is 5.32 Å². The van der Waals surface area contributed by atoms with Crippen molar-refractivity contribution in [2.24, 2.45) is 16.6 Å². The van der Waals surface area contributed by atoms with Crippen LogP contribution in [0.25, 0.3) is 0 Å². The summed E-state index contributed by atoms with van der Waals surface area (Å²) in [4.78, 5) is 4.13. The van der Waals surface area contributed by atoms with Crippen LogP contribution in [0.15, 0.2) is 4.99 Å². The first kappa shape index (κ1) is 6.01. The normalized spacial score (nSPS) is 39.1. The predicted molar refractivity (Wildman–Crippen MR) is 40.8 cm³/mol. The highest BCUT2D eigenvalue weighted by Gasteiger charge is 2.43. The number of hydrogen-bond donors (Lipinski definition) is 2. The zero-order chi connectivity index (χ0) is 7.19. The molecule has 1 fully saturated rings. The molecule has 3 heteroatoms. The minimum absolute atomic E-state index is 0.198. The predicted octanol–water partition coefficient (Wildman–Crippen LogP) is 0.0730. The van der Waals surface area contributed by atoms with Crippen molar-refractivity contribution in [1.29, 1.82) is 0 Å². The smallest absolute Gasteiger partial charge is 0.189 e. The number of nitrogens with zero attached hydrogens (tertiary/aromatic N) is 1. The fourth-order valence-corrected chi connectivity index (χ4v) is 1.57. The maximum Gasteiger partial charge on any atom is 0.189 e. The highest BCUT2D eigenvalue weighted by Crippen LogP contribution is 2.40. The summed E-state index contributed by atoms with van der Waals surface area (Å²) in [6.45, 7) is 3.07. The number of guanidine groups is 1. The molecule has 0 aromatic carbocycles. The minimum Gasteiger partial charge on any atom is -0.370 e. The van der Waals surface area contributed by atoms with Crippen LogP contribution in [0.3, 0.4) is 0 Å². The zero-order valence-electron chi connectivity index (χ0n) is 6.22. The summed E-state index contributed by atoms with van der Waals surface area (Å²) in [6.07, 6.45) is 2.68. The third-order valence-electron chi connectivity index (χ3n) is 2.47. The molecule has 0 bridgehead atoms. The third-order valence-corrected chi connectivity index (χ3v) is 2.47. The molecule has 0 aromatic rings. The van der Waals surface area contributed by atoms with Gasteiger partial charge in [-0.3, -0.25) is 4.99 Å². The van der Waals surface area contributed by atoms with E-state index in [4.69, 9.17) is 5.73 Å². The van der Waals surface area contributed by atoms with Crippen molar-refractivity contribution in [3.8, 4) is 0 Å². The molecule has 2 rings (SSSR count). The average Bonchev–Trinajstić information content (AvgIpc) is 2.62. The van der Waals surface area contributed by atoms with Gasteiger partial charge in [0.15, 0.2) is 5.96 Å². The maximum atomic E-state index is 5.51. The van der Waals surface area contributed by atoms with Crippen LogP contribution in [0.4, 0.5) is 0 Å².